The molecule has 146 valence electrons. The molecular weight excluding hydrogens is 377 g/mol. The standard InChI is InChI=1S/C18H20FNO6S/c1-24-16-9-8-14(10-17(16)25-2)27(22,23)20-15(11-18(21)26-3)12-4-6-13(19)7-5-12/h4-10,15,20H,11H2,1-3H3. The fraction of sp³-hybridized carbons (Fsp3) is 0.278. The maximum absolute atomic E-state index is 13.2. The second-order valence-corrected chi connectivity index (χ2v) is 7.24. The van der Waals surface area contributed by atoms with Gasteiger partial charge in [0, 0.05) is 6.07 Å². The third-order valence-electron chi connectivity index (χ3n) is 3.83. The lowest BCUT2D eigenvalue weighted by Gasteiger charge is -2.19. The number of hydrogen-bond acceptors (Lipinski definition) is 6. The number of carbonyl (C=O) groups is 1. The predicted octanol–water partition coefficient (Wildman–Crippen LogP) is 2.43. The van der Waals surface area contributed by atoms with Crippen molar-refractivity contribution in [1.29, 1.82) is 0 Å². The van der Waals surface area contributed by atoms with E-state index in [1.54, 1.807) is 0 Å². The highest BCUT2D eigenvalue weighted by Gasteiger charge is 2.25. The van der Waals surface area contributed by atoms with E-state index in [0.717, 1.165) is 0 Å². The molecule has 0 saturated heterocycles. The fourth-order valence-corrected chi connectivity index (χ4v) is 3.65. The molecule has 7 nitrogen and oxygen atoms in total. The number of carbonyl (C=O) groups excluding carboxylic acids is 1. The minimum absolute atomic E-state index is 0.0721. The molecule has 0 aliphatic rings. The summed E-state index contributed by atoms with van der Waals surface area (Å²) in [7, 11) is 0.00987. The third-order valence-corrected chi connectivity index (χ3v) is 5.30. The number of nitrogens with one attached hydrogen (secondary N) is 1. The number of sulfonamides is 1. The molecule has 2 aromatic carbocycles. The third kappa shape index (κ3) is 5.18. The molecule has 0 amide bonds. The van der Waals surface area contributed by atoms with Gasteiger partial charge in [-0.1, -0.05) is 12.1 Å². The van der Waals surface area contributed by atoms with Crippen LogP contribution in [0.15, 0.2) is 47.4 Å². The summed E-state index contributed by atoms with van der Waals surface area (Å²) >= 11 is 0. The van der Waals surface area contributed by atoms with Crippen LogP contribution in [0.1, 0.15) is 18.0 Å². The highest BCUT2D eigenvalue weighted by Crippen LogP contribution is 2.30. The first-order valence-corrected chi connectivity index (χ1v) is 9.35. The Balaban J connectivity index is 2.37. The Kier molecular flexibility index (Phi) is 6.75. The molecule has 2 aromatic rings. The number of esters is 1. The van der Waals surface area contributed by atoms with Crippen molar-refractivity contribution in [2.24, 2.45) is 0 Å². The van der Waals surface area contributed by atoms with E-state index in [1.165, 1.54) is 63.8 Å². The van der Waals surface area contributed by atoms with Gasteiger partial charge >= 0.3 is 5.97 Å². The molecule has 0 saturated carbocycles. The van der Waals surface area contributed by atoms with Gasteiger partial charge in [-0.15, -0.1) is 0 Å². The largest absolute Gasteiger partial charge is 0.493 e. The molecule has 0 spiro atoms. The summed E-state index contributed by atoms with van der Waals surface area (Å²) in [6.45, 7) is 0. The molecule has 0 radical (unpaired) electrons. The van der Waals surface area contributed by atoms with Crippen molar-refractivity contribution in [2.75, 3.05) is 21.3 Å². The lowest BCUT2D eigenvalue weighted by molar-refractivity contribution is -0.141. The van der Waals surface area contributed by atoms with E-state index < -0.39 is 27.9 Å². The zero-order valence-corrected chi connectivity index (χ0v) is 15.9. The summed E-state index contributed by atoms with van der Waals surface area (Å²) in [6.07, 6.45) is -0.255. The van der Waals surface area contributed by atoms with E-state index in [-0.39, 0.29) is 17.1 Å². The van der Waals surface area contributed by atoms with E-state index in [9.17, 15) is 17.6 Å². The van der Waals surface area contributed by atoms with Gasteiger partial charge in [-0.2, -0.15) is 0 Å². The van der Waals surface area contributed by atoms with Crippen molar-refractivity contribution in [3.05, 3.63) is 53.8 Å². The van der Waals surface area contributed by atoms with Crippen molar-refractivity contribution in [3.8, 4) is 11.5 Å². The first-order valence-electron chi connectivity index (χ1n) is 7.87. The van der Waals surface area contributed by atoms with Crippen molar-refractivity contribution < 1.29 is 31.8 Å². The van der Waals surface area contributed by atoms with Crippen LogP contribution in [0.2, 0.25) is 0 Å². The summed E-state index contributed by atoms with van der Waals surface area (Å²) in [4.78, 5) is 11.6. The van der Waals surface area contributed by atoms with Crippen LogP contribution in [-0.2, 0) is 19.6 Å². The van der Waals surface area contributed by atoms with Gasteiger partial charge in [0.1, 0.15) is 5.82 Å². The zero-order chi connectivity index (χ0) is 20.0. The zero-order valence-electron chi connectivity index (χ0n) is 15.1. The van der Waals surface area contributed by atoms with Gasteiger partial charge in [-0.05, 0) is 29.8 Å². The van der Waals surface area contributed by atoms with Crippen LogP contribution in [0.4, 0.5) is 4.39 Å². The van der Waals surface area contributed by atoms with Crippen LogP contribution < -0.4 is 14.2 Å². The number of rotatable bonds is 8. The van der Waals surface area contributed by atoms with Crippen molar-refractivity contribution >= 4 is 16.0 Å². The van der Waals surface area contributed by atoms with E-state index in [1.807, 2.05) is 0 Å². The average molecular weight is 397 g/mol. The smallest absolute Gasteiger partial charge is 0.307 e. The Bertz CT molecular complexity index is 899. The second-order valence-electron chi connectivity index (χ2n) is 5.52. The second kappa shape index (κ2) is 8.83. The van der Waals surface area contributed by atoms with E-state index in [2.05, 4.69) is 9.46 Å². The SMILES string of the molecule is COC(=O)CC(NS(=O)(=O)c1ccc(OC)c(OC)c1)c1ccc(F)cc1. The molecule has 1 N–H and O–H groups in total. The topological polar surface area (TPSA) is 90.9 Å². The minimum atomic E-state index is -4.02. The maximum Gasteiger partial charge on any atom is 0.307 e. The first kappa shape index (κ1) is 20.7. The minimum Gasteiger partial charge on any atom is -0.493 e. The highest BCUT2D eigenvalue weighted by molar-refractivity contribution is 7.89. The van der Waals surface area contributed by atoms with Crippen LogP contribution in [0, 0.1) is 5.82 Å². The normalized spacial score (nSPS) is 12.3. The lowest BCUT2D eigenvalue weighted by atomic mass is 10.1. The Morgan fingerprint density at radius 1 is 1.04 bits per heavy atom. The van der Waals surface area contributed by atoms with E-state index in [0.29, 0.717) is 11.3 Å². The lowest BCUT2D eigenvalue weighted by Crippen LogP contribution is -2.30. The van der Waals surface area contributed by atoms with Crippen molar-refractivity contribution in [3.63, 3.8) is 0 Å². The Morgan fingerprint density at radius 3 is 2.22 bits per heavy atom. The monoisotopic (exact) mass is 397 g/mol. The van der Waals surface area contributed by atoms with Crippen LogP contribution in [0.3, 0.4) is 0 Å². The van der Waals surface area contributed by atoms with Gasteiger partial charge in [-0.25, -0.2) is 17.5 Å². The average Bonchev–Trinajstić information content (AvgIpc) is 2.67. The fourth-order valence-electron chi connectivity index (χ4n) is 2.41. The van der Waals surface area contributed by atoms with Gasteiger partial charge in [-0.3, -0.25) is 4.79 Å². The van der Waals surface area contributed by atoms with Crippen LogP contribution in [0.5, 0.6) is 11.5 Å². The number of halogens is 1. The van der Waals surface area contributed by atoms with Gasteiger partial charge in [0.25, 0.3) is 0 Å². The molecule has 0 fully saturated rings. The number of hydrogen-bond donors (Lipinski definition) is 1. The van der Waals surface area contributed by atoms with Gasteiger partial charge in [0.05, 0.1) is 38.7 Å². The molecule has 0 heterocycles. The predicted molar refractivity (Wildman–Crippen MR) is 95.6 cm³/mol. The number of methoxy groups -OCH3 is 3. The molecule has 0 aromatic heterocycles. The molecule has 0 bridgehead atoms. The number of ether oxygens (including phenoxy) is 3. The molecule has 1 unspecified atom stereocenters. The van der Waals surface area contributed by atoms with Crippen LogP contribution >= 0.6 is 0 Å². The quantitative estimate of drug-likeness (QED) is 0.688. The van der Waals surface area contributed by atoms with Gasteiger partial charge < -0.3 is 14.2 Å². The molecule has 1 atom stereocenters. The molecule has 0 aliphatic carbocycles. The summed E-state index contributed by atoms with van der Waals surface area (Å²) in [5, 5.41) is 0. The first-order chi connectivity index (χ1) is 12.8. The van der Waals surface area contributed by atoms with E-state index >= 15 is 0 Å². The van der Waals surface area contributed by atoms with E-state index in [4.69, 9.17) is 9.47 Å². The molecule has 9 heteroatoms. The highest BCUT2D eigenvalue weighted by atomic mass is 32.2. The van der Waals surface area contributed by atoms with Gasteiger partial charge in [0.15, 0.2) is 11.5 Å². The Morgan fingerprint density at radius 2 is 1.67 bits per heavy atom. The number of benzene rings is 2. The molecule has 0 aliphatic heterocycles. The van der Waals surface area contributed by atoms with Crippen molar-refractivity contribution in [2.45, 2.75) is 17.4 Å². The summed E-state index contributed by atoms with van der Waals surface area (Å²) < 4.78 is 56.1. The Labute approximate surface area is 157 Å². The summed E-state index contributed by atoms with van der Waals surface area (Å²) in [5.41, 5.74) is 0.422. The summed E-state index contributed by atoms with van der Waals surface area (Å²) in [5.74, 6) is -0.467. The maximum atomic E-state index is 13.2. The molecule has 2 rings (SSSR count). The Hall–Kier alpha value is -2.65. The van der Waals surface area contributed by atoms with Crippen LogP contribution in [0.25, 0.3) is 0 Å². The van der Waals surface area contributed by atoms with Crippen LogP contribution in [-0.4, -0.2) is 35.7 Å². The summed E-state index contributed by atoms with van der Waals surface area (Å²) in [6, 6.07) is 8.36. The molecular formula is C18H20FNO6S. The van der Waals surface area contributed by atoms with Gasteiger partial charge in [0.2, 0.25) is 10.0 Å². The van der Waals surface area contributed by atoms with Crippen molar-refractivity contribution in [1.82, 2.24) is 4.72 Å². The molecule has 27 heavy (non-hydrogen) atoms.